The first-order valence-electron chi connectivity index (χ1n) is 10.1. The van der Waals surface area contributed by atoms with Crippen LogP contribution in [0.25, 0.3) is 0 Å². The van der Waals surface area contributed by atoms with E-state index >= 15 is 0 Å². The Balaban J connectivity index is 2.47. The Morgan fingerprint density at radius 1 is 0.793 bits per heavy atom. The van der Waals surface area contributed by atoms with Crippen molar-refractivity contribution in [2.75, 3.05) is 13.2 Å². The van der Waals surface area contributed by atoms with Gasteiger partial charge in [0.05, 0.1) is 0 Å². The highest BCUT2D eigenvalue weighted by Crippen LogP contribution is 2.42. The van der Waals surface area contributed by atoms with Crippen LogP contribution >= 0.6 is 23.5 Å². The van der Waals surface area contributed by atoms with Crippen LogP contribution in [0.2, 0.25) is 0 Å². The molecule has 0 fully saturated rings. The van der Waals surface area contributed by atoms with Gasteiger partial charge in [-0.1, -0.05) is 86.8 Å². The lowest BCUT2D eigenvalue weighted by molar-refractivity contribution is -0.104. The van der Waals surface area contributed by atoms with Gasteiger partial charge in [-0.3, -0.25) is 0 Å². The first kappa shape index (κ1) is 23.8. The predicted octanol–water partition coefficient (Wildman–Crippen LogP) is 7.78. The number of ether oxygens (including phenoxy) is 2. The Morgan fingerprint density at radius 2 is 1.24 bits per heavy atom. The Morgan fingerprint density at radius 3 is 1.66 bits per heavy atom. The molecule has 2 aromatic carbocycles. The van der Waals surface area contributed by atoms with E-state index in [1.807, 2.05) is 26.0 Å². The SMILES string of the molecule is CCOC(/C=C(Sc1ccccc1)/C(=C/C(C)(C)C)Sc1ccccc1)OCC. The molecule has 2 nitrogen and oxygen atoms in total. The van der Waals surface area contributed by atoms with Gasteiger partial charge in [-0.25, -0.2) is 0 Å². The van der Waals surface area contributed by atoms with Crippen molar-refractivity contribution in [2.24, 2.45) is 5.41 Å². The second-order valence-corrected chi connectivity index (χ2v) is 9.75. The van der Waals surface area contributed by atoms with Crippen LogP contribution in [0.1, 0.15) is 34.6 Å². The molecule has 0 heterocycles. The molecule has 0 saturated carbocycles. The van der Waals surface area contributed by atoms with Gasteiger partial charge in [-0.05, 0) is 49.6 Å². The summed E-state index contributed by atoms with van der Waals surface area (Å²) in [6.45, 7) is 11.9. The van der Waals surface area contributed by atoms with Crippen molar-refractivity contribution in [3.8, 4) is 0 Å². The Kier molecular flexibility index (Phi) is 10.1. The molecule has 0 aliphatic heterocycles. The summed E-state index contributed by atoms with van der Waals surface area (Å²) in [5.74, 6) is 0. The van der Waals surface area contributed by atoms with Gasteiger partial charge in [0.15, 0.2) is 6.29 Å². The van der Waals surface area contributed by atoms with E-state index in [2.05, 4.69) is 81.5 Å². The van der Waals surface area contributed by atoms with Gasteiger partial charge in [-0.2, -0.15) is 0 Å². The van der Waals surface area contributed by atoms with Crippen molar-refractivity contribution < 1.29 is 9.47 Å². The number of rotatable bonds is 10. The van der Waals surface area contributed by atoms with E-state index in [1.54, 1.807) is 23.5 Å². The summed E-state index contributed by atoms with van der Waals surface area (Å²) in [7, 11) is 0. The highest BCUT2D eigenvalue weighted by atomic mass is 32.2. The van der Waals surface area contributed by atoms with Gasteiger partial charge in [0.2, 0.25) is 0 Å². The average molecular weight is 429 g/mol. The maximum absolute atomic E-state index is 5.83. The summed E-state index contributed by atoms with van der Waals surface area (Å²) in [4.78, 5) is 4.76. The molecule has 0 amide bonds. The van der Waals surface area contributed by atoms with Crippen LogP contribution in [0, 0.1) is 5.41 Å². The van der Waals surface area contributed by atoms with Gasteiger partial charge in [-0.15, -0.1) is 0 Å². The molecule has 2 aromatic rings. The van der Waals surface area contributed by atoms with Gasteiger partial charge < -0.3 is 9.47 Å². The molecule has 4 heteroatoms. The smallest absolute Gasteiger partial charge is 0.178 e. The molecule has 0 atom stereocenters. The Hall–Kier alpha value is -1.46. The lowest BCUT2D eigenvalue weighted by Crippen LogP contribution is -2.15. The summed E-state index contributed by atoms with van der Waals surface area (Å²) >= 11 is 3.53. The van der Waals surface area contributed by atoms with E-state index in [0.717, 1.165) is 4.91 Å². The molecule has 0 N–H and O–H groups in total. The van der Waals surface area contributed by atoms with Crippen LogP contribution in [0.15, 0.2) is 92.4 Å². The lowest BCUT2D eigenvalue weighted by atomic mass is 9.96. The Labute approximate surface area is 184 Å². The molecule has 0 aromatic heterocycles. The zero-order valence-electron chi connectivity index (χ0n) is 18.1. The molecule has 29 heavy (non-hydrogen) atoms. The van der Waals surface area contributed by atoms with E-state index in [-0.39, 0.29) is 11.7 Å². The summed E-state index contributed by atoms with van der Waals surface area (Å²) in [6, 6.07) is 21.0. The zero-order valence-corrected chi connectivity index (χ0v) is 19.7. The Bertz CT molecular complexity index is 771. The van der Waals surface area contributed by atoms with E-state index in [0.29, 0.717) is 13.2 Å². The minimum atomic E-state index is -0.365. The quantitative estimate of drug-likeness (QED) is 0.218. The van der Waals surface area contributed by atoms with Crippen LogP contribution < -0.4 is 0 Å². The van der Waals surface area contributed by atoms with E-state index in [4.69, 9.17) is 9.47 Å². The molecule has 156 valence electrons. The third-order valence-corrected chi connectivity index (χ3v) is 5.98. The third-order valence-electron chi connectivity index (χ3n) is 3.70. The number of hydrogen-bond acceptors (Lipinski definition) is 4. The summed E-state index contributed by atoms with van der Waals surface area (Å²) < 4.78 is 11.7. The number of thioether (sulfide) groups is 2. The lowest BCUT2D eigenvalue weighted by Gasteiger charge is -2.21. The van der Waals surface area contributed by atoms with Crippen LogP contribution in [-0.4, -0.2) is 19.5 Å². The largest absolute Gasteiger partial charge is 0.349 e. The monoisotopic (exact) mass is 428 g/mol. The van der Waals surface area contributed by atoms with E-state index in [1.165, 1.54) is 14.7 Å². The van der Waals surface area contributed by atoms with Gasteiger partial charge in [0.1, 0.15) is 0 Å². The van der Waals surface area contributed by atoms with Crippen molar-refractivity contribution in [3.05, 3.63) is 82.6 Å². The van der Waals surface area contributed by atoms with E-state index in [9.17, 15) is 0 Å². The minimum Gasteiger partial charge on any atom is -0.349 e. The first-order valence-corrected chi connectivity index (χ1v) is 11.7. The van der Waals surface area contributed by atoms with Crippen LogP contribution in [0.4, 0.5) is 0 Å². The second kappa shape index (κ2) is 12.3. The fourth-order valence-electron chi connectivity index (χ4n) is 2.54. The maximum atomic E-state index is 5.83. The number of hydrogen-bond donors (Lipinski definition) is 0. The molecule has 0 aliphatic rings. The van der Waals surface area contributed by atoms with Crippen LogP contribution in [0.3, 0.4) is 0 Å². The summed E-state index contributed by atoms with van der Waals surface area (Å²) in [5.41, 5.74) is 0.0418. The maximum Gasteiger partial charge on any atom is 0.178 e. The molecular weight excluding hydrogens is 396 g/mol. The number of benzene rings is 2. The average Bonchev–Trinajstić information content (AvgIpc) is 2.68. The number of allylic oxidation sites excluding steroid dienone is 1. The van der Waals surface area contributed by atoms with Gasteiger partial charge >= 0.3 is 0 Å². The van der Waals surface area contributed by atoms with Crippen LogP contribution in [-0.2, 0) is 9.47 Å². The standard InChI is InChI=1S/C25H32O2S2/c1-6-26-24(27-7-2)18-22(28-20-14-10-8-11-15-20)23(19-25(3,4)5)29-21-16-12-9-13-17-21/h8-19,24H,6-7H2,1-5H3/b22-18-,23-19-. The van der Waals surface area contributed by atoms with Crippen molar-refractivity contribution >= 4 is 23.5 Å². The van der Waals surface area contributed by atoms with Crippen molar-refractivity contribution in [1.29, 1.82) is 0 Å². The molecule has 0 aliphatic carbocycles. The predicted molar refractivity (Wildman–Crippen MR) is 127 cm³/mol. The highest BCUT2D eigenvalue weighted by molar-refractivity contribution is 8.08. The normalized spacial score (nSPS) is 13.2. The first-order chi connectivity index (χ1) is 13.9. The van der Waals surface area contributed by atoms with Crippen molar-refractivity contribution in [2.45, 2.75) is 50.7 Å². The molecule has 2 rings (SSSR count). The van der Waals surface area contributed by atoms with Gasteiger partial charge in [0.25, 0.3) is 0 Å². The second-order valence-electron chi connectivity index (χ2n) is 7.51. The molecule has 0 unspecified atom stereocenters. The van der Waals surface area contributed by atoms with Crippen molar-refractivity contribution in [3.63, 3.8) is 0 Å². The topological polar surface area (TPSA) is 18.5 Å². The van der Waals surface area contributed by atoms with Crippen molar-refractivity contribution in [1.82, 2.24) is 0 Å². The van der Waals surface area contributed by atoms with E-state index < -0.39 is 0 Å². The third kappa shape index (κ3) is 9.26. The molecule has 0 spiro atoms. The fraction of sp³-hybridized carbons (Fsp3) is 0.360. The zero-order chi connectivity index (χ0) is 21.1. The molecular formula is C25H32O2S2. The summed E-state index contributed by atoms with van der Waals surface area (Å²) in [6.07, 6.45) is 4.08. The molecule has 0 radical (unpaired) electrons. The summed E-state index contributed by atoms with van der Waals surface area (Å²) in [5, 5.41) is 0. The van der Waals surface area contributed by atoms with Crippen LogP contribution in [0.5, 0.6) is 0 Å². The highest BCUT2D eigenvalue weighted by Gasteiger charge is 2.17. The molecule has 0 bridgehead atoms. The fourth-order valence-corrected chi connectivity index (χ4v) is 4.80. The molecule has 0 saturated heterocycles. The van der Waals surface area contributed by atoms with Gasteiger partial charge in [0, 0.05) is 32.8 Å². The minimum absolute atomic E-state index is 0.0418.